The summed E-state index contributed by atoms with van der Waals surface area (Å²) in [6.45, 7) is 0. The number of Topliss-reactive ketones (excluding diaryl/α,β-unsaturated/α-hetero) is 1. The van der Waals surface area contributed by atoms with Crippen molar-refractivity contribution in [2.75, 3.05) is 14.1 Å². The van der Waals surface area contributed by atoms with Crippen molar-refractivity contribution in [3.8, 4) is 0 Å². The maximum absolute atomic E-state index is 12.6. The zero-order valence-electron chi connectivity index (χ0n) is 12.0. The highest BCUT2D eigenvalue weighted by Crippen LogP contribution is 2.23. The number of ketones is 1. The monoisotopic (exact) mass is 283 g/mol. The van der Waals surface area contributed by atoms with Crippen molar-refractivity contribution in [1.29, 1.82) is 0 Å². The molecule has 4 nitrogen and oxygen atoms in total. The van der Waals surface area contributed by atoms with Crippen LogP contribution in [0.3, 0.4) is 0 Å². The first-order valence-corrected chi connectivity index (χ1v) is 6.61. The van der Waals surface area contributed by atoms with E-state index < -0.39 is 12.2 Å². The van der Waals surface area contributed by atoms with E-state index in [1.54, 1.807) is 50.5 Å². The maximum atomic E-state index is 12.6. The number of carbonyl (C=O) groups excluding carboxylic acids is 2. The summed E-state index contributed by atoms with van der Waals surface area (Å²) in [6.07, 6.45) is -1.49. The molecule has 2 aromatic rings. The fourth-order valence-electron chi connectivity index (χ4n) is 1.86. The molecule has 0 fully saturated rings. The van der Waals surface area contributed by atoms with Crippen molar-refractivity contribution in [3.05, 3.63) is 71.8 Å². The third-order valence-electron chi connectivity index (χ3n) is 2.98. The zero-order valence-corrected chi connectivity index (χ0v) is 12.0. The molecule has 1 unspecified atom stereocenters. The molecule has 0 heterocycles. The van der Waals surface area contributed by atoms with Crippen molar-refractivity contribution in [3.63, 3.8) is 0 Å². The van der Waals surface area contributed by atoms with Gasteiger partial charge in [-0.3, -0.25) is 4.79 Å². The lowest BCUT2D eigenvalue weighted by Crippen LogP contribution is -2.28. The quantitative estimate of drug-likeness (QED) is 0.809. The minimum absolute atomic E-state index is 0.239. The number of hydrogen-bond donors (Lipinski definition) is 0. The number of benzene rings is 2. The second kappa shape index (κ2) is 6.70. The van der Waals surface area contributed by atoms with E-state index in [2.05, 4.69) is 0 Å². The van der Waals surface area contributed by atoms with Gasteiger partial charge < -0.3 is 9.64 Å². The van der Waals surface area contributed by atoms with Gasteiger partial charge in [-0.25, -0.2) is 4.79 Å². The molecule has 21 heavy (non-hydrogen) atoms. The second-order valence-corrected chi connectivity index (χ2v) is 4.80. The van der Waals surface area contributed by atoms with Gasteiger partial charge in [-0.2, -0.15) is 0 Å². The molecule has 108 valence electrons. The molecule has 0 spiro atoms. The molecule has 2 aromatic carbocycles. The topological polar surface area (TPSA) is 46.6 Å². The Kier molecular flexibility index (Phi) is 4.72. The van der Waals surface area contributed by atoms with Gasteiger partial charge in [0.1, 0.15) is 0 Å². The van der Waals surface area contributed by atoms with Gasteiger partial charge in [-0.1, -0.05) is 60.7 Å². The normalized spacial score (nSPS) is 11.5. The van der Waals surface area contributed by atoms with Gasteiger partial charge in [0.25, 0.3) is 0 Å². The van der Waals surface area contributed by atoms with E-state index in [1.165, 1.54) is 4.90 Å². The van der Waals surface area contributed by atoms with Crippen LogP contribution in [0.4, 0.5) is 4.79 Å². The Morgan fingerprint density at radius 2 is 1.43 bits per heavy atom. The van der Waals surface area contributed by atoms with Gasteiger partial charge in [0.2, 0.25) is 5.78 Å². The average molecular weight is 283 g/mol. The number of amides is 1. The third kappa shape index (κ3) is 3.69. The summed E-state index contributed by atoms with van der Waals surface area (Å²) in [5.41, 5.74) is 1.17. The lowest BCUT2D eigenvalue weighted by Gasteiger charge is -2.20. The van der Waals surface area contributed by atoms with Crippen molar-refractivity contribution in [2.24, 2.45) is 0 Å². The molecule has 4 heteroatoms. The van der Waals surface area contributed by atoms with Crippen LogP contribution in [0, 0.1) is 0 Å². The summed E-state index contributed by atoms with van der Waals surface area (Å²) < 4.78 is 5.35. The Bertz CT molecular complexity index is 608. The Balaban J connectivity index is 2.32. The molecule has 1 atom stereocenters. The second-order valence-electron chi connectivity index (χ2n) is 4.80. The fourth-order valence-corrected chi connectivity index (χ4v) is 1.86. The zero-order chi connectivity index (χ0) is 15.2. The number of rotatable bonds is 4. The van der Waals surface area contributed by atoms with Gasteiger partial charge >= 0.3 is 6.09 Å². The van der Waals surface area contributed by atoms with Crippen LogP contribution in [-0.4, -0.2) is 30.9 Å². The van der Waals surface area contributed by atoms with Gasteiger partial charge in [-0.15, -0.1) is 0 Å². The summed E-state index contributed by atoms with van der Waals surface area (Å²) in [5, 5.41) is 0. The number of hydrogen-bond acceptors (Lipinski definition) is 3. The van der Waals surface area contributed by atoms with E-state index in [4.69, 9.17) is 4.74 Å². The molecule has 2 rings (SSSR count). The van der Waals surface area contributed by atoms with Crippen LogP contribution in [0.25, 0.3) is 0 Å². The minimum atomic E-state index is -0.941. The van der Waals surface area contributed by atoms with Crippen molar-refractivity contribution in [2.45, 2.75) is 6.10 Å². The smallest absolute Gasteiger partial charge is 0.410 e. The maximum Gasteiger partial charge on any atom is 0.410 e. The highest BCUT2D eigenvalue weighted by atomic mass is 16.6. The summed E-state index contributed by atoms with van der Waals surface area (Å²) in [4.78, 5) is 25.7. The molecule has 1 amide bonds. The van der Waals surface area contributed by atoms with Crippen LogP contribution in [0.15, 0.2) is 60.7 Å². The number of carbonyl (C=O) groups is 2. The van der Waals surface area contributed by atoms with Crippen molar-refractivity contribution < 1.29 is 14.3 Å². The molecule has 0 aliphatic carbocycles. The Hall–Kier alpha value is -2.62. The first kappa shape index (κ1) is 14.8. The van der Waals surface area contributed by atoms with E-state index in [1.807, 2.05) is 24.3 Å². The Morgan fingerprint density at radius 3 is 1.95 bits per heavy atom. The molecular weight excluding hydrogens is 266 g/mol. The van der Waals surface area contributed by atoms with Crippen LogP contribution < -0.4 is 0 Å². The van der Waals surface area contributed by atoms with E-state index in [9.17, 15) is 9.59 Å². The lowest BCUT2D eigenvalue weighted by atomic mass is 10.00. The molecule has 0 bridgehead atoms. The third-order valence-corrected chi connectivity index (χ3v) is 2.98. The van der Waals surface area contributed by atoms with Crippen LogP contribution in [-0.2, 0) is 4.74 Å². The summed E-state index contributed by atoms with van der Waals surface area (Å²) in [6, 6.07) is 17.8. The first-order valence-electron chi connectivity index (χ1n) is 6.61. The van der Waals surface area contributed by atoms with Gasteiger partial charge in [0, 0.05) is 25.2 Å². The molecule has 0 saturated heterocycles. The molecule has 0 aliphatic heterocycles. The molecule has 0 aliphatic rings. The number of nitrogens with zero attached hydrogens (tertiary/aromatic N) is 1. The van der Waals surface area contributed by atoms with E-state index in [0.717, 1.165) is 0 Å². The SMILES string of the molecule is CN(C)C(=O)OC(C(=O)c1ccccc1)c1ccccc1. The molecule has 0 aromatic heterocycles. The van der Waals surface area contributed by atoms with Gasteiger partial charge in [-0.05, 0) is 0 Å². The molecule has 0 radical (unpaired) electrons. The summed E-state index contributed by atoms with van der Waals surface area (Å²) in [7, 11) is 3.16. The minimum Gasteiger partial charge on any atom is -0.433 e. The van der Waals surface area contributed by atoms with Crippen LogP contribution in [0.5, 0.6) is 0 Å². The van der Waals surface area contributed by atoms with Gasteiger partial charge in [0.05, 0.1) is 0 Å². The molecular formula is C17H17NO3. The molecule has 0 N–H and O–H groups in total. The van der Waals surface area contributed by atoms with Crippen molar-refractivity contribution >= 4 is 11.9 Å². The van der Waals surface area contributed by atoms with Crippen LogP contribution in [0.2, 0.25) is 0 Å². The molecule has 0 saturated carbocycles. The standard InChI is InChI=1S/C17H17NO3/c1-18(2)17(20)21-16(14-11-7-4-8-12-14)15(19)13-9-5-3-6-10-13/h3-12,16H,1-2H3. The van der Waals surface area contributed by atoms with Crippen LogP contribution in [0.1, 0.15) is 22.0 Å². The fraction of sp³-hybridized carbons (Fsp3) is 0.176. The largest absolute Gasteiger partial charge is 0.433 e. The van der Waals surface area contributed by atoms with E-state index >= 15 is 0 Å². The Morgan fingerprint density at radius 1 is 0.905 bits per heavy atom. The lowest BCUT2D eigenvalue weighted by molar-refractivity contribution is 0.0542. The highest BCUT2D eigenvalue weighted by Gasteiger charge is 2.26. The van der Waals surface area contributed by atoms with E-state index in [-0.39, 0.29) is 5.78 Å². The average Bonchev–Trinajstić information content (AvgIpc) is 2.53. The predicted octanol–water partition coefficient (Wildman–Crippen LogP) is 3.31. The van der Waals surface area contributed by atoms with Gasteiger partial charge in [0.15, 0.2) is 6.10 Å². The predicted molar refractivity (Wildman–Crippen MR) is 80.1 cm³/mol. The summed E-state index contributed by atoms with van der Waals surface area (Å²) in [5.74, 6) is -0.239. The first-order chi connectivity index (χ1) is 10.1. The summed E-state index contributed by atoms with van der Waals surface area (Å²) >= 11 is 0. The van der Waals surface area contributed by atoms with Crippen molar-refractivity contribution in [1.82, 2.24) is 4.90 Å². The number of ether oxygens (including phenoxy) is 1. The highest BCUT2D eigenvalue weighted by molar-refractivity contribution is 6.00. The Labute approximate surface area is 124 Å². The van der Waals surface area contributed by atoms with Crippen LogP contribution >= 0.6 is 0 Å². The van der Waals surface area contributed by atoms with E-state index in [0.29, 0.717) is 11.1 Å².